The summed E-state index contributed by atoms with van der Waals surface area (Å²) in [6, 6.07) is 15.7. The Kier molecular flexibility index (Phi) is 3.83. The minimum absolute atomic E-state index is 0.121. The quantitative estimate of drug-likeness (QED) is 0.867. The summed E-state index contributed by atoms with van der Waals surface area (Å²) in [5, 5.41) is 3.33. The first-order chi connectivity index (χ1) is 9.78. The minimum Gasteiger partial charge on any atom is -0.309 e. The molecule has 1 aliphatic rings. The van der Waals surface area contributed by atoms with E-state index < -0.39 is 0 Å². The zero-order valence-electron chi connectivity index (χ0n) is 11.8. The van der Waals surface area contributed by atoms with Gasteiger partial charge in [-0.3, -0.25) is 0 Å². The molecule has 1 nitrogen and oxygen atoms in total. The third-order valence-corrected chi connectivity index (χ3v) is 4.31. The van der Waals surface area contributed by atoms with Crippen molar-refractivity contribution in [3.63, 3.8) is 0 Å². The van der Waals surface area contributed by atoms with Gasteiger partial charge in [0.15, 0.2) is 0 Å². The van der Waals surface area contributed by atoms with Gasteiger partial charge in [-0.1, -0.05) is 42.8 Å². The Hall–Kier alpha value is -1.67. The highest BCUT2D eigenvalue weighted by molar-refractivity contribution is 5.36. The molecule has 104 valence electrons. The predicted octanol–water partition coefficient (Wildman–Crippen LogP) is 4.40. The largest absolute Gasteiger partial charge is 0.309 e. The van der Waals surface area contributed by atoms with E-state index in [2.05, 4.69) is 29.6 Å². The zero-order valence-corrected chi connectivity index (χ0v) is 11.8. The second-order valence-corrected chi connectivity index (χ2v) is 5.57. The van der Waals surface area contributed by atoms with Gasteiger partial charge in [-0.2, -0.15) is 0 Å². The second kappa shape index (κ2) is 5.76. The van der Waals surface area contributed by atoms with Crippen molar-refractivity contribution in [3.05, 3.63) is 71.0 Å². The van der Waals surface area contributed by atoms with Crippen molar-refractivity contribution in [2.24, 2.45) is 0 Å². The normalized spacial score (nSPS) is 16.7. The maximum atomic E-state index is 13.1. The van der Waals surface area contributed by atoms with Crippen molar-refractivity contribution in [2.45, 2.75) is 31.2 Å². The van der Waals surface area contributed by atoms with Crippen molar-refractivity contribution < 1.29 is 4.39 Å². The Morgan fingerprint density at radius 3 is 2.40 bits per heavy atom. The molecule has 0 aromatic heterocycles. The summed E-state index contributed by atoms with van der Waals surface area (Å²) >= 11 is 0. The van der Waals surface area contributed by atoms with Crippen LogP contribution in [0.4, 0.5) is 4.39 Å². The molecule has 1 N–H and O–H groups in total. The lowest BCUT2D eigenvalue weighted by atomic mass is 9.79. The molecule has 2 aromatic rings. The molecule has 1 aliphatic carbocycles. The Balaban J connectivity index is 1.90. The smallest absolute Gasteiger partial charge is 0.123 e. The first-order valence-corrected chi connectivity index (χ1v) is 7.30. The average molecular weight is 269 g/mol. The lowest BCUT2D eigenvalue weighted by molar-refractivity contribution is 0.419. The molecule has 0 saturated heterocycles. The fourth-order valence-electron chi connectivity index (χ4n) is 2.92. The first-order valence-electron chi connectivity index (χ1n) is 7.30. The Morgan fingerprint density at radius 2 is 1.80 bits per heavy atom. The van der Waals surface area contributed by atoms with Gasteiger partial charge in [0.05, 0.1) is 6.04 Å². The Bertz CT molecular complexity index is 572. The van der Waals surface area contributed by atoms with Crippen LogP contribution >= 0.6 is 0 Å². The van der Waals surface area contributed by atoms with E-state index in [1.807, 2.05) is 19.2 Å². The molecule has 20 heavy (non-hydrogen) atoms. The van der Waals surface area contributed by atoms with Crippen LogP contribution in [0.25, 0.3) is 0 Å². The summed E-state index contributed by atoms with van der Waals surface area (Å²) in [5.41, 5.74) is 3.79. The number of benzene rings is 2. The molecule has 1 unspecified atom stereocenters. The second-order valence-electron chi connectivity index (χ2n) is 5.57. The van der Waals surface area contributed by atoms with Crippen molar-refractivity contribution in [1.29, 1.82) is 0 Å². The van der Waals surface area contributed by atoms with Crippen molar-refractivity contribution in [1.82, 2.24) is 5.32 Å². The number of halogens is 1. The van der Waals surface area contributed by atoms with Crippen LogP contribution in [0.3, 0.4) is 0 Å². The fourth-order valence-corrected chi connectivity index (χ4v) is 2.92. The molecule has 0 spiro atoms. The number of nitrogens with one attached hydrogen (secondary N) is 1. The van der Waals surface area contributed by atoms with Gasteiger partial charge in [0.1, 0.15) is 5.82 Å². The van der Waals surface area contributed by atoms with E-state index in [0.717, 1.165) is 11.5 Å². The maximum Gasteiger partial charge on any atom is 0.123 e. The standard InChI is InChI=1S/C18H20FN/c1-20-18(14-8-10-17(19)11-9-14)16-7-3-6-15(12-16)13-4-2-5-13/h3,6-13,18,20H,2,4-5H2,1H3. The van der Waals surface area contributed by atoms with E-state index in [4.69, 9.17) is 0 Å². The van der Waals surface area contributed by atoms with Crippen molar-refractivity contribution in [2.75, 3.05) is 7.05 Å². The van der Waals surface area contributed by atoms with Crippen molar-refractivity contribution >= 4 is 0 Å². The van der Waals surface area contributed by atoms with Gasteiger partial charge in [0.2, 0.25) is 0 Å². The van der Waals surface area contributed by atoms with E-state index in [0.29, 0.717) is 0 Å². The third kappa shape index (κ3) is 2.61. The summed E-state index contributed by atoms with van der Waals surface area (Å²) < 4.78 is 13.1. The molecule has 0 amide bonds. The average Bonchev–Trinajstić information content (AvgIpc) is 2.40. The van der Waals surface area contributed by atoms with Gasteiger partial charge in [-0.25, -0.2) is 4.39 Å². The number of hydrogen-bond donors (Lipinski definition) is 1. The van der Waals surface area contributed by atoms with Gasteiger partial charge >= 0.3 is 0 Å². The predicted molar refractivity (Wildman–Crippen MR) is 80.3 cm³/mol. The Morgan fingerprint density at radius 1 is 1.05 bits per heavy atom. The van der Waals surface area contributed by atoms with Gasteiger partial charge in [0, 0.05) is 0 Å². The highest BCUT2D eigenvalue weighted by Crippen LogP contribution is 2.37. The molecule has 2 heteroatoms. The zero-order chi connectivity index (χ0) is 13.9. The molecule has 0 aliphatic heterocycles. The van der Waals surface area contributed by atoms with Crippen molar-refractivity contribution in [3.8, 4) is 0 Å². The molecule has 1 saturated carbocycles. The number of rotatable bonds is 4. The first kappa shape index (κ1) is 13.3. The molecular weight excluding hydrogens is 249 g/mol. The fraction of sp³-hybridized carbons (Fsp3) is 0.333. The van der Waals surface area contributed by atoms with Crippen LogP contribution in [0.15, 0.2) is 48.5 Å². The highest BCUT2D eigenvalue weighted by atomic mass is 19.1. The third-order valence-electron chi connectivity index (χ3n) is 4.31. The van der Waals surface area contributed by atoms with E-state index in [9.17, 15) is 4.39 Å². The molecule has 0 radical (unpaired) electrons. The molecule has 1 atom stereocenters. The highest BCUT2D eigenvalue weighted by Gasteiger charge is 2.20. The molecule has 2 aromatic carbocycles. The maximum absolute atomic E-state index is 13.1. The lowest BCUT2D eigenvalue weighted by Crippen LogP contribution is -2.18. The topological polar surface area (TPSA) is 12.0 Å². The van der Waals surface area contributed by atoms with Crippen LogP contribution in [0.1, 0.15) is 47.9 Å². The van der Waals surface area contributed by atoms with Gasteiger partial charge in [-0.05, 0) is 54.6 Å². The van der Waals surface area contributed by atoms with Gasteiger partial charge in [-0.15, -0.1) is 0 Å². The summed E-state index contributed by atoms with van der Waals surface area (Å²) in [6.45, 7) is 0. The van der Waals surface area contributed by atoms with Crippen LogP contribution in [0, 0.1) is 5.82 Å². The molecule has 0 heterocycles. The van der Waals surface area contributed by atoms with Crippen LogP contribution in [-0.2, 0) is 0 Å². The molecular formula is C18H20FN. The van der Waals surface area contributed by atoms with E-state index in [1.54, 1.807) is 0 Å². The monoisotopic (exact) mass is 269 g/mol. The van der Waals surface area contributed by atoms with E-state index >= 15 is 0 Å². The van der Waals surface area contributed by atoms with Crippen LogP contribution in [-0.4, -0.2) is 7.05 Å². The molecule has 0 bridgehead atoms. The summed E-state index contributed by atoms with van der Waals surface area (Å²) in [4.78, 5) is 0. The van der Waals surface area contributed by atoms with Gasteiger partial charge in [0.25, 0.3) is 0 Å². The minimum atomic E-state index is -0.188. The molecule has 3 rings (SSSR count). The molecule has 1 fully saturated rings. The Labute approximate surface area is 119 Å². The summed E-state index contributed by atoms with van der Waals surface area (Å²) in [6.07, 6.45) is 3.97. The van der Waals surface area contributed by atoms with Crippen LogP contribution < -0.4 is 5.32 Å². The SMILES string of the molecule is CNC(c1ccc(F)cc1)c1cccc(C2CCC2)c1. The van der Waals surface area contributed by atoms with Crippen LogP contribution in [0.5, 0.6) is 0 Å². The number of hydrogen-bond acceptors (Lipinski definition) is 1. The lowest BCUT2D eigenvalue weighted by Gasteiger charge is -2.27. The van der Waals surface area contributed by atoms with E-state index in [-0.39, 0.29) is 11.9 Å². The van der Waals surface area contributed by atoms with Crippen LogP contribution in [0.2, 0.25) is 0 Å². The van der Waals surface area contributed by atoms with E-state index in [1.165, 1.54) is 42.5 Å². The van der Waals surface area contributed by atoms with Gasteiger partial charge < -0.3 is 5.32 Å². The summed E-state index contributed by atoms with van der Waals surface area (Å²) in [5.74, 6) is 0.549. The summed E-state index contributed by atoms with van der Waals surface area (Å²) in [7, 11) is 1.95.